The van der Waals surface area contributed by atoms with Crippen LogP contribution in [-0.2, 0) is 4.79 Å². The number of imidazole rings is 1. The van der Waals surface area contributed by atoms with Crippen LogP contribution in [0.3, 0.4) is 0 Å². The van der Waals surface area contributed by atoms with Crippen LogP contribution in [0.5, 0.6) is 0 Å². The number of nitrogens with two attached hydrogens (primary N) is 1. The molecule has 0 bridgehead atoms. The van der Waals surface area contributed by atoms with Crippen molar-refractivity contribution in [2.75, 3.05) is 25.1 Å². The lowest BCUT2D eigenvalue weighted by Gasteiger charge is -2.18. The summed E-state index contributed by atoms with van der Waals surface area (Å²) < 4.78 is 0. The summed E-state index contributed by atoms with van der Waals surface area (Å²) in [5, 5.41) is 3.00. The Labute approximate surface area is 104 Å². The lowest BCUT2D eigenvalue weighted by molar-refractivity contribution is -0.129. The van der Waals surface area contributed by atoms with Crippen LogP contribution in [0.25, 0.3) is 11.2 Å². The largest absolute Gasteiger partial charge is 0.368 e. The number of aromatic nitrogens is 4. The number of nitrogens with zero attached hydrogens (tertiary/aromatic N) is 4. The fourth-order valence-corrected chi connectivity index (χ4v) is 1.61. The van der Waals surface area contributed by atoms with E-state index in [1.807, 2.05) is 0 Å². The molecular weight excluding hydrogens is 234 g/mol. The maximum absolute atomic E-state index is 11.8. The maximum Gasteiger partial charge on any atom is 0.244 e. The van der Waals surface area contributed by atoms with Gasteiger partial charge in [0.25, 0.3) is 0 Å². The van der Waals surface area contributed by atoms with Gasteiger partial charge in [-0.25, -0.2) is 4.98 Å². The first-order valence-corrected chi connectivity index (χ1v) is 5.43. The molecule has 1 amide bonds. The lowest BCUT2D eigenvalue weighted by atomic mass is 10.3. The average Bonchev–Trinajstić information content (AvgIpc) is 2.75. The van der Waals surface area contributed by atoms with Crippen molar-refractivity contribution >= 4 is 28.8 Å². The highest BCUT2D eigenvalue weighted by atomic mass is 16.2. The highest BCUT2D eigenvalue weighted by Crippen LogP contribution is 2.18. The molecule has 18 heavy (non-hydrogen) atoms. The highest BCUT2D eigenvalue weighted by Gasteiger charge is 2.17. The second-order valence-electron chi connectivity index (χ2n) is 4.13. The molecule has 0 radical (unpaired) electrons. The Bertz CT molecular complexity index is 577. The van der Waals surface area contributed by atoms with Crippen LogP contribution in [0.2, 0.25) is 0 Å². The van der Waals surface area contributed by atoms with Crippen LogP contribution in [-0.4, -0.2) is 50.9 Å². The summed E-state index contributed by atoms with van der Waals surface area (Å²) in [4.78, 5) is 28.2. The Hall–Kier alpha value is -2.38. The molecule has 0 saturated carbocycles. The number of likely N-dealkylation sites (N-methyl/N-ethyl adjacent to an activating group) is 1. The molecule has 4 N–H and O–H groups in total. The molecule has 0 aliphatic rings. The van der Waals surface area contributed by atoms with Gasteiger partial charge in [-0.05, 0) is 6.92 Å². The molecule has 8 heteroatoms. The van der Waals surface area contributed by atoms with Gasteiger partial charge in [0.15, 0.2) is 11.5 Å². The van der Waals surface area contributed by atoms with E-state index in [2.05, 4.69) is 25.3 Å². The first kappa shape index (κ1) is 12.1. The van der Waals surface area contributed by atoms with Crippen molar-refractivity contribution in [2.24, 2.45) is 0 Å². The smallest absolute Gasteiger partial charge is 0.244 e. The Morgan fingerprint density at radius 2 is 2.22 bits per heavy atom. The van der Waals surface area contributed by atoms with E-state index in [0.29, 0.717) is 17.0 Å². The van der Waals surface area contributed by atoms with E-state index in [4.69, 9.17) is 5.73 Å². The predicted octanol–water partition coefficient (Wildman–Crippen LogP) is -0.176. The van der Waals surface area contributed by atoms with E-state index in [0.717, 1.165) is 0 Å². The van der Waals surface area contributed by atoms with Gasteiger partial charge in [0.1, 0.15) is 11.6 Å². The molecule has 2 aromatic rings. The molecule has 2 aromatic heterocycles. The molecular formula is C10H15N7O. The first-order valence-electron chi connectivity index (χ1n) is 5.43. The van der Waals surface area contributed by atoms with Gasteiger partial charge >= 0.3 is 0 Å². The van der Waals surface area contributed by atoms with Crippen LogP contribution < -0.4 is 11.1 Å². The Balaban J connectivity index is 2.31. The first-order chi connectivity index (χ1) is 8.49. The minimum atomic E-state index is -0.416. The number of anilines is 2. The minimum Gasteiger partial charge on any atom is -0.368 e. The fourth-order valence-electron chi connectivity index (χ4n) is 1.61. The molecule has 8 nitrogen and oxygen atoms in total. The Morgan fingerprint density at radius 3 is 2.89 bits per heavy atom. The molecule has 0 spiro atoms. The summed E-state index contributed by atoms with van der Waals surface area (Å²) in [6.45, 7) is 1.75. The number of H-pyrrole nitrogens is 1. The minimum absolute atomic E-state index is 0.0557. The van der Waals surface area contributed by atoms with E-state index in [9.17, 15) is 4.79 Å². The molecule has 0 aliphatic heterocycles. The van der Waals surface area contributed by atoms with Crippen LogP contribution in [0.4, 0.5) is 11.8 Å². The Morgan fingerprint density at radius 1 is 1.50 bits per heavy atom. The molecule has 2 rings (SSSR count). The van der Waals surface area contributed by atoms with E-state index in [-0.39, 0.29) is 11.9 Å². The summed E-state index contributed by atoms with van der Waals surface area (Å²) in [6.07, 6.45) is 1.50. The molecule has 0 fully saturated rings. The summed E-state index contributed by atoms with van der Waals surface area (Å²) >= 11 is 0. The molecule has 0 aliphatic carbocycles. The van der Waals surface area contributed by atoms with Crippen molar-refractivity contribution in [3.8, 4) is 0 Å². The van der Waals surface area contributed by atoms with E-state index < -0.39 is 6.04 Å². The molecule has 0 aromatic carbocycles. The zero-order valence-electron chi connectivity index (χ0n) is 10.4. The second-order valence-corrected chi connectivity index (χ2v) is 4.13. The molecule has 1 atom stereocenters. The van der Waals surface area contributed by atoms with Crippen molar-refractivity contribution in [1.29, 1.82) is 0 Å². The van der Waals surface area contributed by atoms with Gasteiger partial charge < -0.3 is 20.9 Å². The third-order valence-corrected chi connectivity index (χ3v) is 2.47. The quantitative estimate of drug-likeness (QED) is 0.695. The zero-order chi connectivity index (χ0) is 13.3. The highest BCUT2D eigenvalue weighted by molar-refractivity contribution is 5.88. The van der Waals surface area contributed by atoms with Gasteiger partial charge in [0, 0.05) is 14.1 Å². The number of carbonyl (C=O) groups is 1. The molecule has 2 heterocycles. The summed E-state index contributed by atoms with van der Waals surface area (Å²) in [5.74, 6) is 0.527. The van der Waals surface area contributed by atoms with Gasteiger partial charge in [0.2, 0.25) is 11.9 Å². The van der Waals surface area contributed by atoms with Gasteiger partial charge in [-0.3, -0.25) is 4.79 Å². The van der Waals surface area contributed by atoms with Gasteiger partial charge in [-0.2, -0.15) is 9.97 Å². The molecule has 96 valence electrons. The third-order valence-electron chi connectivity index (χ3n) is 2.47. The van der Waals surface area contributed by atoms with Crippen molar-refractivity contribution in [3.05, 3.63) is 6.33 Å². The molecule has 1 unspecified atom stereocenters. The van der Waals surface area contributed by atoms with Crippen LogP contribution in [0, 0.1) is 0 Å². The van der Waals surface area contributed by atoms with E-state index in [1.165, 1.54) is 11.2 Å². The zero-order valence-corrected chi connectivity index (χ0v) is 10.4. The van der Waals surface area contributed by atoms with Crippen LogP contribution in [0.1, 0.15) is 6.92 Å². The van der Waals surface area contributed by atoms with Crippen molar-refractivity contribution in [3.63, 3.8) is 0 Å². The number of carbonyl (C=O) groups excluding carboxylic acids is 1. The number of nitrogen functional groups attached to an aromatic ring is 1. The monoisotopic (exact) mass is 249 g/mol. The standard InChI is InChI=1S/C10H15N7O/c1-5(9(18)17(2)3)14-8-6-7(13-4-12-6)15-10(11)16-8/h4-5H,1-3H3,(H4,11,12,13,14,15,16). The summed E-state index contributed by atoms with van der Waals surface area (Å²) in [7, 11) is 3.39. The van der Waals surface area contributed by atoms with Crippen molar-refractivity contribution < 1.29 is 4.79 Å². The van der Waals surface area contributed by atoms with Crippen molar-refractivity contribution in [1.82, 2.24) is 24.8 Å². The van der Waals surface area contributed by atoms with Crippen LogP contribution >= 0.6 is 0 Å². The summed E-state index contributed by atoms with van der Waals surface area (Å²) in [5.41, 5.74) is 6.68. The van der Waals surface area contributed by atoms with Gasteiger partial charge in [-0.15, -0.1) is 0 Å². The maximum atomic E-state index is 11.8. The number of amides is 1. The number of hydrogen-bond acceptors (Lipinski definition) is 6. The SMILES string of the molecule is CC(Nc1nc(N)nc2nc[nH]c12)C(=O)N(C)C. The van der Waals surface area contributed by atoms with Crippen LogP contribution in [0.15, 0.2) is 6.33 Å². The number of rotatable bonds is 3. The number of nitrogens with one attached hydrogen (secondary N) is 2. The van der Waals surface area contributed by atoms with E-state index in [1.54, 1.807) is 21.0 Å². The van der Waals surface area contributed by atoms with E-state index >= 15 is 0 Å². The van der Waals surface area contributed by atoms with Crippen molar-refractivity contribution in [2.45, 2.75) is 13.0 Å². The average molecular weight is 249 g/mol. The third kappa shape index (κ3) is 2.17. The number of fused-ring (bicyclic) bond motifs is 1. The topological polar surface area (TPSA) is 113 Å². The molecule has 0 saturated heterocycles. The predicted molar refractivity (Wildman–Crippen MR) is 67.9 cm³/mol. The number of aromatic amines is 1. The Kier molecular flexibility index (Phi) is 3.00. The number of hydrogen-bond donors (Lipinski definition) is 3. The lowest BCUT2D eigenvalue weighted by Crippen LogP contribution is -2.37. The normalized spacial score (nSPS) is 12.4. The fraction of sp³-hybridized carbons (Fsp3) is 0.400. The second kappa shape index (κ2) is 4.47. The van der Waals surface area contributed by atoms with Gasteiger partial charge in [-0.1, -0.05) is 0 Å². The summed E-state index contributed by atoms with van der Waals surface area (Å²) in [6, 6.07) is -0.416. The van der Waals surface area contributed by atoms with Gasteiger partial charge in [0.05, 0.1) is 6.33 Å².